The van der Waals surface area contributed by atoms with Crippen molar-refractivity contribution in [1.29, 1.82) is 0 Å². The molecule has 0 aliphatic carbocycles. The van der Waals surface area contributed by atoms with E-state index in [4.69, 9.17) is 14.2 Å². The van der Waals surface area contributed by atoms with Crippen LogP contribution in [0.5, 0.6) is 0 Å². The summed E-state index contributed by atoms with van der Waals surface area (Å²) in [4.78, 5) is 36.8. The van der Waals surface area contributed by atoms with E-state index in [1.807, 2.05) is 21.1 Å². The highest BCUT2D eigenvalue weighted by Gasteiger charge is 2.31. The fourth-order valence-electron chi connectivity index (χ4n) is 6.27. The molecule has 0 amide bonds. The average molecular weight is 699 g/mol. The second-order valence-corrected chi connectivity index (χ2v) is 15.3. The zero-order valence-corrected chi connectivity index (χ0v) is 32.9. The molecule has 0 radical (unpaired) electrons. The first kappa shape index (κ1) is 47.3. The number of ether oxygens (including phenoxy) is 3. The number of carboxylic acids is 1. The van der Waals surface area contributed by atoms with Gasteiger partial charge >= 0.3 is 17.9 Å². The van der Waals surface area contributed by atoms with Crippen molar-refractivity contribution in [3.8, 4) is 0 Å². The molecule has 2 atom stereocenters. The van der Waals surface area contributed by atoms with Crippen molar-refractivity contribution in [1.82, 2.24) is 0 Å². The second-order valence-electron chi connectivity index (χ2n) is 15.3. The highest BCUT2D eigenvalue weighted by Crippen LogP contribution is 2.15. The largest absolute Gasteiger partial charge is 0.477 e. The number of carboxylic acid groups (broad SMARTS) is 1. The monoisotopic (exact) mass is 699 g/mol. The van der Waals surface area contributed by atoms with Gasteiger partial charge in [0.05, 0.1) is 34.4 Å². The number of carbonyl (C=O) groups excluding carboxylic acids is 2. The third-order valence-corrected chi connectivity index (χ3v) is 9.51. The third-order valence-electron chi connectivity index (χ3n) is 9.51. The summed E-state index contributed by atoms with van der Waals surface area (Å²) in [5, 5.41) is 9.58. The maximum Gasteiger partial charge on any atom is 0.362 e. The zero-order chi connectivity index (χ0) is 36.4. The number of unbranched alkanes of at least 4 members (excludes halogenated alkanes) is 23. The van der Waals surface area contributed by atoms with Crippen molar-refractivity contribution in [3.05, 3.63) is 0 Å². The van der Waals surface area contributed by atoms with Crippen molar-refractivity contribution in [3.63, 3.8) is 0 Å². The van der Waals surface area contributed by atoms with Crippen LogP contribution in [-0.4, -0.2) is 80.6 Å². The van der Waals surface area contributed by atoms with Crippen molar-refractivity contribution in [2.45, 2.75) is 206 Å². The summed E-state index contributed by atoms with van der Waals surface area (Å²) in [6.07, 6.45) is 31.4. The minimum absolute atomic E-state index is 0.0428. The standard InChI is InChI=1S/C41H79NO7/c1-6-8-10-12-14-16-17-18-19-20-21-22-24-25-27-29-31-39(43)48-36-37(35-47-34-33-38(41(45)46)42(3,4)5)49-40(44)32-30-28-26-23-15-13-11-9-7-2/h37-38H,6-36H2,1-5H3/p+1. The van der Waals surface area contributed by atoms with E-state index >= 15 is 0 Å². The van der Waals surface area contributed by atoms with E-state index in [-0.39, 0.29) is 36.2 Å². The van der Waals surface area contributed by atoms with Crippen LogP contribution in [0.2, 0.25) is 0 Å². The van der Waals surface area contributed by atoms with Crippen molar-refractivity contribution in [2.24, 2.45) is 0 Å². The second kappa shape index (κ2) is 33.5. The number of nitrogens with zero attached hydrogens (tertiary/aromatic N) is 1. The van der Waals surface area contributed by atoms with Gasteiger partial charge in [0.25, 0.3) is 0 Å². The Kier molecular flexibility index (Phi) is 32.3. The number of carbonyl (C=O) groups is 3. The van der Waals surface area contributed by atoms with Crippen LogP contribution >= 0.6 is 0 Å². The average Bonchev–Trinajstić information content (AvgIpc) is 3.05. The summed E-state index contributed by atoms with van der Waals surface area (Å²) in [6.45, 7) is 4.74. The van der Waals surface area contributed by atoms with E-state index in [1.54, 1.807) is 0 Å². The van der Waals surface area contributed by atoms with Gasteiger partial charge in [-0.1, -0.05) is 162 Å². The van der Waals surface area contributed by atoms with Crippen LogP contribution in [0.3, 0.4) is 0 Å². The Morgan fingerprint density at radius 1 is 0.531 bits per heavy atom. The SMILES string of the molecule is CCCCCCCCCCCCCCCCCCC(=O)OCC(COCCC(C(=O)O)[N+](C)(C)C)OC(=O)CCCCCCCCCCC. The number of esters is 2. The molecule has 0 saturated heterocycles. The van der Waals surface area contributed by atoms with Gasteiger partial charge in [-0.2, -0.15) is 0 Å². The molecule has 0 rings (SSSR count). The van der Waals surface area contributed by atoms with Crippen LogP contribution in [0.4, 0.5) is 0 Å². The molecular weight excluding hydrogens is 618 g/mol. The lowest BCUT2D eigenvalue weighted by Gasteiger charge is -2.31. The van der Waals surface area contributed by atoms with Crippen LogP contribution in [0.1, 0.15) is 194 Å². The minimum atomic E-state index is -0.872. The molecule has 0 aromatic heterocycles. The van der Waals surface area contributed by atoms with Crippen LogP contribution in [0.15, 0.2) is 0 Å². The minimum Gasteiger partial charge on any atom is -0.477 e. The van der Waals surface area contributed by atoms with Crippen molar-refractivity contribution in [2.75, 3.05) is 41.0 Å². The van der Waals surface area contributed by atoms with E-state index in [1.165, 1.54) is 122 Å². The molecule has 0 aromatic carbocycles. The number of aliphatic carboxylic acids is 1. The molecule has 290 valence electrons. The summed E-state index contributed by atoms with van der Waals surface area (Å²) in [5.41, 5.74) is 0. The van der Waals surface area contributed by atoms with E-state index in [0.717, 1.165) is 38.5 Å². The van der Waals surface area contributed by atoms with Gasteiger partial charge in [-0.15, -0.1) is 0 Å². The quantitative estimate of drug-likeness (QED) is 0.0392. The molecule has 0 aromatic rings. The van der Waals surface area contributed by atoms with E-state index in [0.29, 0.717) is 19.3 Å². The van der Waals surface area contributed by atoms with Gasteiger partial charge in [-0.3, -0.25) is 9.59 Å². The predicted octanol–water partition coefficient (Wildman–Crippen LogP) is 10.6. The highest BCUT2D eigenvalue weighted by molar-refractivity contribution is 5.72. The summed E-state index contributed by atoms with van der Waals surface area (Å²) >= 11 is 0. The number of quaternary nitrogens is 1. The Hall–Kier alpha value is -1.67. The highest BCUT2D eigenvalue weighted by atomic mass is 16.6. The fourth-order valence-corrected chi connectivity index (χ4v) is 6.27. The van der Waals surface area contributed by atoms with Gasteiger partial charge in [0, 0.05) is 19.3 Å². The van der Waals surface area contributed by atoms with E-state index in [9.17, 15) is 19.5 Å². The summed E-state index contributed by atoms with van der Waals surface area (Å²) in [5.74, 6) is -1.45. The number of hydrogen-bond donors (Lipinski definition) is 1. The summed E-state index contributed by atoms with van der Waals surface area (Å²) < 4.78 is 17.2. The molecule has 1 N–H and O–H groups in total. The van der Waals surface area contributed by atoms with Crippen molar-refractivity contribution < 1.29 is 38.2 Å². The van der Waals surface area contributed by atoms with Crippen LogP contribution in [0, 0.1) is 0 Å². The molecule has 49 heavy (non-hydrogen) atoms. The van der Waals surface area contributed by atoms with Gasteiger partial charge in [0.2, 0.25) is 0 Å². The van der Waals surface area contributed by atoms with Crippen LogP contribution < -0.4 is 0 Å². The summed E-state index contributed by atoms with van der Waals surface area (Å²) in [6, 6.07) is -0.606. The van der Waals surface area contributed by atoms with E-state index < -0.39 is 18.1 Å². The Morgan fingerprint density at radius 2 is 0.898 bits per heavy atom. The Bertz CT molecular complexity index is 782. The topological polar surface area (TPSA) is 99.1 Å². The first-order chi connectivity index (χ1) is 23.6. The smallest absolute Gasteiger partial charge is 0.362 e. The first-order valence-corrected chi connectivity index (χ1v) is 20.6. The Morgan fingerprint density at radius 3 is 1.27 bits per heavy atom. The molecule has 0 fully saturated rings. The molecular formula is C41H80NO7+. The zero-order valence-electron chi connectivity index (χ0n) is 32.9. The van der Waals surface area contributed by atoms with Crippen molar-refractivity contribution >= 4 is 17.9 Å². The Balaban J connectivity index is 4.28. The molecule has 0 bridgehead atoms. The van der Waals surface area contributed by atoms with E-state index in [2.05, 4.69) is 13.8 Å². The lowest BCUT2D eigenvalue weighted by molar-refractivity contribution is -0.887. The lowest BCUT2D eigenvalue weighted by atomic mass is 10.0. The predicted molar refractivity (Wildman–Crippen MR) is 202 cm³/mol. The molecule has 8 heteroatoms. The maximum absolute atomic E-state index is 12.6. The maximum atomic E-state index is 12.6. The normalized spacial score (nSPS) is 12.9. The Labute approximate surface area is 302 Å². The lowest BCUT2D eigenvalue weighted by Crippen LogP contribution is -2.50. The van der Waals surface area contributed by atoms with Gasteiger partial charge in [-0.05, 0) is 12.8 Å². The van der Waals surface area contributed by atoms with Gasteiger partial charge in [-0.25, -0.2) is 4.79 Å². The van der Waals surface area contributed by atoms with Gasteiger partial charge < -0.3 is 23.8 Å². The van der Waals surface area contributed by atoms with Gasteiger partial charge in [0.15, 0.2) is 12.1 Å². The fraction of sp³-hybridized carbons (Fsp3) is 0.927. The van der Waals surface area contributed by atoms with Crippen LogP contribution in [-0.2, 0) is 28.6 Å². The number of rotatable bonds is 37. The number of hydrogen-bond acceptors (Lipinski definition) is 6. The molecule has 8 nitrogen and oxygen atoms in total. The first-order valence-electron chi connectivity index (χ1n) is 20.6. The summed E-state index contributed by atoms with van der Waals surface area (Å²) in [7, 11) is 5.53. The molecule has 0 saturated carbocycles. The van der Waals surface area contributed by atoms with Crippen LogP contribution in [0.25, 0.3) is 0 Å². The molecule has 0 aliphatic rings. The molecule has 2 unspecified atom stereocenters. The third kappa shape index (κ3) is 32.0. The number of likely N-dealkylation sites (N-methyl/N-ethyl adjacent to an activating group) is 1. The van der Waals surface area contributed by atoms with Gasteiger partial charge in [0.1, 0.15) is 6.61 Å². The molecule has 0 aliphatic heterocycles. The molecule has 0 spiro atoms. The molecule has 0 heterocycles.